The second-order valence-corrected chi connectivity index (χ2v) is 4.11. The number of rotatable bonds is 5. The van der Waals surface area contributed by atoms with Crippen molar-refractivity contribution in [3.05, 3.63) is 0 Å². The Morgan fingerprint density at radius 3 is 2.31 bits per heavy atom. The van der Waals surface area contributed by atoms with E-state index in [1.807, 2.05) is 11.9 Å². The lowest BCUT2D eigenvalue weighted by molar-refractivity contribution is -0.149. The third kappa shape index (κ3) is 2.99. The molecule has 0 aliphatic heterocycles. The van der Waals surface area contributed by atoms with E-state index in [9.17, 15) is 4.79 Å². The van der Waals surface area contributed by atoms with E-state index in [1.165, 1.54) is 0 Å². The van der Waals surface area contributed by atoms with Crippen LogP contribution in [0.4, 0.5) is 0 Å². The molecular weight excluding hydrogens is 166 g/mol. The molecule has 1 N–H and O–H groups in total. The van der Waals surface area contributed by atoms with E-state index in [-0.39, 0.29) is 0 Å². The summed E-state index contributed by atoms with van der Waals surface area (Å²) in [6.45, 7) is 7.65. The Morgan fingerprint density at radius 1 is 1.54 bits per heavy atom. The van der Waals surface area contributed by atoms with Crippen LogP contribution in [-0.2, 0) is 4.79 Å². The number of nitrogens with zero attached hydrogens (tertiary/aromatic N) is 1. The largest absolute Gasteiger partial charge is 0.480 e. The molecule has 3 nitrogen and oxygen atoms in total. The summed E-state index contributed by atoms with van der Waals surface area (Å²) in [6, 6.07) is 0.316. The number of likely N-dealkylation sites (N-methyl/N-ethyl adjacent to an activating group) is 1. The van der Waals surface area contributed by atoms with Crippen molar-refractivity contribution in [3.63, 3.8) is 0 Å². The smallest absolute Gasteiger partial charge is 0.323 e. The van der Waals surface area contributed by atoms with Gasteiger partial charge >= 0.3 is 5.97 Å². The van der Waals surface area contributed by atoms with Crippen LogP contribution in [0.25, 0.3) is 0 Å². The lowest BCUT2D eigenvalue weighted by atomic mass is 10.0. The highest BCUT2D eigenvalue weighted by molar-refractivity contribution is 5.77. The van der Waals surface area contributed by atoms with E-state index in [2.05, 4.69) is 13.8 Å². The van der Waals surface area contributed by atoms with E-state index in [0.29, 0.717) is 6.04 Å². The molecule has 0 aliphatic carbocycles. The Bertz CT molecular complexity index is 178. The van der Waals surface area contributed by atoms with Crippen LogP contribution in [0.5, 0.6) is 0 Å². The average molecular weight is 187 g/mol. The summed E-state index contributed by atoms with van der Waals surface area (Å²) in [5, 5.41) is 8.99. The Kier molecular flexibility index (Phi) is 4.40. The summed E-state index contributed by atoms with van der Waals surface area (Å²) >= 11 is 0. The van der Waals surface area contributed by atoms with Crippen molar-refractivity contribution >= 4 is 5.97 Å². The summed E-state index contributed by atoms with van der Waals surface area (Å²) in [6.07, 6.45) is 2.12. The van der Waals surface area contributed by atoms with Gasteiger partial charge < -0.3 is 5.11 Å². The lowest BCUT2D eigenvalue weighted by Crippen LogP contribution is -2.51. The van der Waals surface area contributed by atoms with Gasteiger partial charge in [0.2, 0.25) is 0 Å². The fourth-order valence-electron chi connectivity index (χ4n) is 1.31. The molecule has 0 fully saturated rings. The predicted octanol–water partition coefficient (Wildman–Crippen LogP) is 1.97. The van der Waals surface area contributed by atoms with E-state index in [1.54, 1.807) is 13.8 Å². The highest BCUT2D eigenvalue weighted by Gasteiger charge is 2.34. The first-order valence-electron chi connectivity index (χ1n) is 4.80. The minimum atomic E-state index is -0.769. The Morgan fingerprint density at radius 2 is 2.00 bits per heavy atom. The molecule has 0 aromatic heterocycles. The van der Waals surface area contributed by atoms with Gasteiger partial charge in [0.25, 0.3) is 0 Å². The van der Waals surface area contributed by atoms with Crippen LogP contribution in [0, 0.1) is 0 Å². The first-order chi connectivity index (χ1) is 5.84. The lowest BCUT2D eigenvalue weighted by Gasteiger charge is -2.36. The van der Waals surface area contributed by atoms with Gasteiger partial charge in [-0.15, -0.1) is 0 Å². The Balaban J connectivity index is 4.39. The van der Waals surface area contributed by atoms with Gasteiger partial charge in [-0.25, -0.2) is 0 Å². The number of carbonyl (C=O) groups is 1. The SMILES string of the molecule is CCCC(C)N(C)C(C)(C)C(=O)O. The molecule has 0 aliphatic rings. The monoisotopic (exact) mass is 187 g/mol. The maximum atomic E-state index is 10.9. The molecule has 0 spiro atoms. The quantitative estimate of drug-likeness (QED) is 0.715. The molecular formula is C10H21NO2. The third-order valence-corrected chi connectivity index (χ3v) is 2.77. The van der Waals surface area contributed by atoms with E-state index in [4.69, 9.17) is 5.11 Å². The fraction of sp³-hybridized carbons (Fsp3) is 0.900. The number of hydrogen-bond donors (Lipinski definition) is 1. The molecule has 0 bridgehead atoms. The summed E-state index contributed by atoms with van der Waals surface area (Å²) in [4.78, 5) is 12.8. The van der Waals surface area contributed by atoms with Crippen molar-refractivity contribution < 1.29 is 9.90 Å². The molecule has 0 heterocycles. The van der Waals surface area contributed by atoms with Crippen LogP contribution in [-0.4, -0.2) is 34.6 Å². The first-order valence-corrected chi connectivity index (χ1v) is 4.80. The van der Waals surface area contributed by atoms with E-state index >= 15 is 0 Å². The van der Waals surface area contributed by atoms with Gasteiger partial charge in [-0.05, 0) is 34.2 Å². The molecule has 0 radical (unpaired) electrons. The standard InChI is InChI=1S/C10H21NO2/c1-6-7-8(2)11(5)10(3,4)9(12)13/h8H,6-7H2,1-5H3,(H,12,13). The van der Waals surface area contributed by atoms with Crippen LogP contribution in [0.1, 0.15) is 40.5 Å². The van der Waals surface area contributed by atoms with Crippen LogP contribution >= 0.6 is 0 Å². The zero-order valence-corrected chi connectivity index (χ0v) is 9.29. The highest BCUT2D eigenvalue weighted by Crippen LogP contribution is 2.18. The minimum Gasteiger partial charge on any atom is -0.480 e. The van der Waals surface area contributed by atoms with Crippen molar-refractivity contribution in [2.24, 2.45) is 0 Å². The molecule has 1 atom stereocenters. The summed E-state index contributed by atoms with van der Waals surface area (Å²) in [5.41, 5.74) is -0.769. The Hall–Kier alpha value is -0.570. The topological polar surface area (TPSA) is 40.5 Å². The molecule has 0 aromatic rings. The van der Waals surface area contributed by atoms with Gasteiger partial charge in [0, 0.05) is 6.04 Å². The van der Waals surface area contributed by atoms with Crippen LogP contribution in [0.3, 0.4) is 0 Å². The highest BCUT2D eigenvalue weighted by atomic mass is 16.4. The van der Waals surface area contributed by atoms with Gasteiger partial charge in [0.05, 0.1) is 0 Å². The molecule has 0 aromatic carbocycles. The number of aliphatic carboxylic acids is 1. The van der Waals surface area contributed by atoms with Gasteiger partial charge in [0.1, 0.15) is 5.54 Å². The van der Waals surface area contributed by atoms with Crippen molar-refractivity contribution in [2.45, 2.75) is 52.1 Å². The third-order valence-electron chi connectivity index (χ3n) is 2.77. The van der Waals surface area contributed by atoms with Crippen molar-refractivity contribution in [3.8, 4) is 0 Å². The van der Waals surface area contributed by atoms with E-state index in [0.717, 1.165) is 12.8 Å². The molecule has 0 amide bonds. The maximum Gasteiger partial charge on any atom is 0.323 e. The average Bonchev–Trinajstić information content (AvgIpc) is 2.03. The van der Waals surface area contributed by atoms with E-state index < -0.39 is 11.5 Å². The zero-order valence-electron chi connectivity index (χ0n) is 9.29. The Labute approximate surface area is 80.7 Å². The number of carboxylic acid groups (broad SMARTS) is 1. The van der Waals surface area contributed by atoms with Crippen LogP contribution < -0.4 is 0 Å². The van der Waals surface area contributed by atoms with Gasteiger partial charge in [-0.2, -0.15) is 0 Å². The van der Waals surface area contributed by atoms with Crippen LogP contribution in [0.15, 0.2) is 0 Å². The van der Waals surface area contributed by atoms with Gasteiger partial charge in [-0.1, -0.05) is 13.3 Å². The number of carboxylic acids is 1. The normalized spacial score (nSPS) is 14.6. The molecule has 78 valence electrons. The summed E-state index contributed by atoms with van der Waals surface area (Å²) in [5.74, 6) is -0.766. The first kappa shape index (κ1) is 12.4. The van der Waals surface area contributed by atoms with Crippen LogP contribution in [0.2, 0.25) is 0 Å². The summed E-state index contributed by atoms with van der Waals surface area (Å²) in [7, 11) is 1.87. The predicted molar refractivity (Wildman–Crippen MR) is 53.8 cm³/mol. The zero-order chi connectivity index (χ0) is 10.6. The fourth-order valence-corrected chi connectivity index (χ4v) is 1.31. The van der Waals surface area contributed by atoms with Crippen molar-refractivity contribution in [2.75, 3.05) is 7.05 Å². The molecule has 0 saturated carbocycles. The summed E-state index contributed by atoms with van der Waals surface area (Å²) < 4.78 is 0. The molecule has 0 rings (SSSR count). The number of hydrogen-bond acceptors (Lipinski definition) is 2. The van der Waals surface area contributed by atoms with Crippen molar-refractivity contribution in [1.29, 1.82) is 0 Å². The molecule has 3 heteroatoms. The van der Waals surface area contributed by atoms with Gasteiger partial charge in [0.15, 0.2) is 0 Å². The molecule has 0 saturated heterocycles. The minimum absolute atomic E-state index is 0.316. The maximum absolute atomic E-state index is 10.9. The second-order valence-electron chi connectivity index (χ2n) is 4.11. The second kappa shape index (κ2) is 4.61. The van der Waals surface area contributed by atoms with Gasteiger partial charge in [-0.3, -0.25) is 9.69 Å². The molecule has 13 heavy (non-hydrogen) atoms. The van der Waals surface area contributed by atoms with Crippen molar-refractivity contribution in [1.82, 2.24) is 4.90 Å². The molecule has 1 unspecified atom stereocenters.